The summed E-state index contributed by atoms with van der Waals surface area (Å²) in [5, 5.41) is 7.57. The summed E-state index contributed by atoms with van der Waals surface area (Å²) in [6, 6.07) is 4.35. The van der Waals surface area contributed by atoms with E-state index in [2.05, 4.69) is 27.3 Å². The van der Waals surface area contributed by atoms with E-state index in [9.17, 15) is 0 Å². The van der Waals surface area contributed by atoms with Crippen LogP contribution in [-0.4, -0.2) is 32.4 Å². The number of aryl methyl sites for hydroxylation is 1. The minimum Gasteiger partial charge on any atom is -0.478 e. The predicted molar refractivity (Wildman–Crippen MR) is 76.3 cm³/mol. The SMILES string of the molecule is CCOc1ncccc1CN[C@H](C)CCn1cncn1. The van der Waals surface area contributed by atoms with Crippen LogP contribution in [0.2, 0.25) is 0 Å². The van der Waals surface area contributed by atoms with Crippen molar-refractivity contribution in [1.82, 2.24) is 25.1 Å². The molecule has 2 aromatic heterocycles. The lowest BCUT2D eigenvalue weighted by Gasteiger charge is -2.15. The van der Waals surface area contributed by atoms with E-state index in [1.165, 1.54) is 0 Å². The zero-order valence-corrected chi connectivity index (χ0v) is 12.0. The van der Waals surface area contributed by atoms with Gasteiger partial charge in [0.15, 0.2) is 0 Å². The lowest BCUT2D eigenvalue weighted by molar-refractivity contribution is 0.320. The van der Waals surface area contributed by atoms with Crippen LogP contribution in [0, 0.1) is 0 Å². The molecule has 6 nitrogen and oxygen atoms in total. The Morgan fingerprint density at radius 3 is 3.10 bits per heavy atom. The zero-order valence-electron chi connectivity index (χ0n) is 12.0. The summed E-state index contributed by atoms with van der Waals surface area (Å²) in [5.74, 6) is 0.714. The number of hydrogen-bond donors (Lipinski definition) is 1. The van der Waals surface area contributed by atoms with E-state index < -0.39 is 0 Å². The number of ether oxygens (including phenoxy) is 1. The van der Waals surface area contributed by atoms with Gasteiger partial charge < -0.3 is 10.1 Å². The minimum absolute atomic E-state index is 0.383. The van der Waals surface area contributed by atoms with Gasteiger partial charge in [-0.15, -0.1) is 0 Å². The van der Waals surface area contributed by atoms with Gasteiger partial charge in [-0.3, -0.25) is 4.68 Å². The molecular weight excluding hydrogens is 254 g/mol. The number of pyridine rings is 1. The molecule has 6 heteroatoms. The molecule has 0 aliphatic rings. The number of nitrogens with zero attached hydrogens (tertiary/aromatic N) is 4. The molecular formula is C14H21N5O. The van der Waals surface area contributed by atoms with Gasteiger partial charge in [-0.25, -0.2) is 9.97 Å². The van der Waals surface area contributed by atoms with Crippen LogP contribution in [0.1, 0.15) is 25.8 Å². The van der Waals surface area contributed by atoms with Crippen LogP contribution in [0.3, 0.4) is 0 Å². The van der Waals surface area contributed by atoms with Crippen LogP contribution in [-0.2, 0) is 13.1 Å². The van der Waals surface area contributed by atoms with Gasteiger partial charge in [0.2, 0.25) is 5.88 Å². The molecule has 0 bridgehead atoms. The molecule has 0 unspecified atom stereocenters. The number of nitrogens with one attached hydrogen (secondary N) is 1. The number of hydrogen-bond acceptors (Lipinski definition) is 5. The molecule has 0 fully saturated rings. The second kappa shape index (κ2) is 7.59. The highest BCUT2D eigenvalue weighted by Crippen LogP contribution is 2.14. The fourth-order valence-corrected chi connectivity index (χ4v) is 1.89. The predicted octanol–water partition coefficient (Wildman–Crippen LogP) is 1.64. The average molecular weight is 275 g/mol. The lowest BCUT2D eigenvalue weighted by atomic mass is 10.2. The molecule has 0 radical (unpaired) electrons. The van der Waals surface area contributed by atoms with Gasteiger partial charge in [-0.2, -0.15) is 5.10 Å². The summed E-state index contributed by atoms with van der Waals surface area (Å²) in [7, 11) is 0. The summed E-state index contributed by atoms with van der Waals surface area (Å²) in [5.41, 5.74) is 1.09. The Hall–Kier alpha value is -1.95. The van der Waals surface area contributed by atoms with E-state index in [0.717, 1.165) is 25.1 Å². The Morgan fingerprint density at radius 2 is 2.35 bits per heavy atom. The molecule has 20 heavy (non-hydrogen) atoms. The van der Waals surface area contributed by atoms with E-state index in [1.807, 2.05) is 23.7 Å². The van der Waals surface area contributed by atoms with E-state index in [1.54, 1.807) is 18.9 Å². The third kappa shape index (κ3) is 4.31. The van der Waals surface area contributed by atoms with Crippen LogP contribution < -0.4 is 10.1 Å². The molecule has 0 aliphatic heterocycles. The summed E-state index contributed by atoms with van der Waals surface area (Å²) in [6.07, 6.45) is 6.04. The van der Waals surface area contributed by atoms with E-state index in [-0.39, 0.29) is 0 Å². The van der Waals surface area contributed by atoms with Gasteiger partial charge in [0.25, 0.3) is 0 Å². The van der Waals surface area contributed by atoms with Gasteiger partial charge in [-0.05, 0) is 26.3 Å². The highest BCUT2D eigenvalue weighted by molar-refractivity contribution is 5.25. The van der Waals surface area contributed by atoms with Crippen molar-refractivity contribution in [2.75, 3.05) is 6.61 Å². The van der Waals surface area contributed by atoms with Gasteiger partial charge >= 0.3 is 0 Å². The van der Waals surface area contributed by atoms with Crippen LogP contribution in [0.4, 0.5) is 0 Å². The zero-order chi connectivity index (χ0) is 14.2. The lowest BCUT2D eigenvalue weighted by Crippen LogP contribution is -2.27. The number of aromatic nitrogens is 4. The molecule has 1 N–H and O–H groups in total. The summed E-state index contributed by atoms with van der Waals surface area (Å²) >= 11 is 0. The maximum absolute atomic E-state index is 5.51. The quantitative estimate of drug-likeness (QED) is 0.793. The molecule has 2 heterocycles. The van der Waals surface area contributed by atoms with Crippen molar-refractivity contribution < 1.29 is 4.74 Å². The molecule has 0 aromatic carbocycles. The fourth-order valence-electron chi connectivity index (χ4n) is 1.89. The van der Waals surface area contributed by atoms with Gasteiger partial charge in [-0.1, -0.05) is 6.07 Å². The average Bonchev–Trinajstić information content (AvgIpc) is 2.98. The van der Waals surface area contributed by atoms with Crippen LogP contribution in [0.25, 0.3) is 0 Å². The van der Waals surface area contributed by atoms with Crippen molar-refractivity contribution in [2.45, 2.75) is 39.4 Å². The topological polar surface area (TPSA) is 64.9 Å². The van der Waals surface area contributed by atoms with Crippen molar-refractivity contribution in [2.24, 2.45) is 0 Å². The molecule has 0 saturated carbocycles. The second-order valence-corrected chi connectivity index (χ2v) is 4.63. The van der Waals surface area contributed by atoms with E-state index in [4.69, 9.17) is 4.74 Å². The van der Waals surface area contributed by atoms with Crippen LogP contribution in [0.5, 0.6) is 5.88 Å². The van der Waals surface area contributed by atoms with E-state index in [0.29, 0.717) is 18.5 Å². The van der Waals surface area contributed by atoms with Gasteiger partial charge in [0.1, 0.15) is 12.7 Å². The number of rotatable bonds is 8. The molecule has 0 aliphatic carbocycles. The summed E-state index contributed by atoms with van der Waals surface area (Å²) in [6.45, 7) is 6.37. The van der Waals surface area contributed by atoms with Crippen molar-refractivity contribution in [3.8, 4) is 5.88 Å². The first-order valence-electron chi connectivity index (χ1n) is 6.92. The third-order valence-electron chi connectivity index (χ3n) is 3.03. The van der Waals surface area contributed by atoms with Gasteiger partial charge in [0, 0.05) is 30.9 Å². The van der Waals surface area contributed by atoms with Crippen LogP contribution in [0.15, 0.2) is 31.0 Å². The Kier molecular flexibility index (Phi) is 5.49. The Bertz CT molecular complexity index is 500. The van der Waals surface area contributed by atoms with Crippen LogP contribution >= 0.6 is 0 Å². The smallest absolute Gasteiger partial charge is 0.217 e. The standard InChI is InChI=1S/C14H21N5O/c1-3-20-14-13(5-4-7-16-14)9-17-12(2)6-8-19-11-15-10-18-19/h4-5,7,10-12,17H,3,6,8-9H2,1-2H3/t12-/m1/s1. The second-order valence-electron chi connectivity index (χ2n) is 4.63. The third-order valence-corrected chi connectivity index (χ3v) is 3.03. The van der Waals surface area contributed by atoms with Crippen molar-refractivity contribution >= 4 is 0 Å². The normalized spacial score (nSPS) is 12.3. The Labute approximate surface area is 119 Å². The first-order chi connectivity index (χ1) is 9.79. The molecule has 2 aromatic rings. The molecule has 1 atom stereocenters. The Morgan fingerprint density at radius 1 is 1.45 bits per heavy atom. The molecule has 108 valence electrons. The molecule has 2 rings (SSSR count). The highest BCUT2D eigenvalue weighted by atomic mass is 16.5. The maximum atomic E-state index is 5.51. The summed E-state index contributed by atoms with van der Waals surface area (Å²) in [4.78, 5) is 8.18. The Balaban J connectivity index is 1.79. The van der Waals surface area contributed by atoms with Crippen molar-refractivity contribution in [3.63, 3.8) is 0 Å². The largest absolute Gasteiger partial charge is 0.478 e. The molecule has 0 amide bonds. The van der Waals surface area contributed by atoms with E-state index >= 15 is 0 Å². The first-order valence-corrected chi connectivity index (χ1v) is 6.92. The van der Waals surface area contributed by atoms with Gasteiger partial charge in [0.05, 0.1) is 6.61 Å². The first kappa shape index (κ1) is 14.5. The monoisotopic (exact) mass is 275 g/mol. The summed E-state index contributed by atoms with van der Waals surface area (Å²) < 4.78 is 7.36. The maximum Gasteiger partial charge on any atom is 0.217 e. The van der Waals surface area contributed by atoms with Crippen molar-refractivity contribution in [3.05, 3.63) is 36.5 Å². The fraction of sp³-hybridized carbons (Fsp3) is 0.500. The highest BCUT2D eigenvalue weighted by Gasteiger charge is 2.07. The minimum atomic E-state index is 0.383. The molecule has 0 saturated heterocycles. The van der Waals surface area contributed by atoms with Crippen molar-refractivity contribution in [1.29, 1.82) is 0 Å². The molecule has 0 spiro atoms.